The van der Waals surface area contributed by atoms with E-state index in [1.165, 1.54) is 19.1 Å². The van der Waals surface area contributed by atoms with Gasteiger partial charge in [-0.25, -0.2) is 4.79 Å². The van der Waals surface area contributed by atoms with E-state index in [2.05, 4.69) is 12.2 Å². The summed E-state index contributed by atoms with van der Waals surface area (Å²) < 4.78 is 16.1. The molecule has 8 heteroatoms. The van der Waals surface area contributed by atoms with Gasteiger partial charge in [-0.1, -0.05) is 19.8 Å². The van der Waals surface area contributed by atoms with Crippen LogP contribution in [0.25, 0.3) is 0 Å². The number of fused-ring (bicyclic) bond motifs is 1. The number of carbonyl (C=O) groups is 3. The average molecular weight is 390 g/mol. The summed E-state index contributed by atoms with van der Waals surface area (Å²) in [6.45, 7) is 2.66. The lowest BCUT2D eigenvalue weighted by Gasteiger charge is -2.29. The Morgan fingerprint density at radius 1 is 1.25 bits per heavy atom. The first-order valence-electron chi connectivity index (χ1n) is 9.58. The molecule has 0 saturated carbocycles. The lowest BCUT2D eigenvalue weighted by atomic mass is 10.1. The molecule has 2 unspecified atom stereocenters. The lowest BCUT2D eigenvalue weighted by Crippen LogP contribution is -2.46. The standard InChI is InChI=1S/C20H26N2O6/c1-4-5-6-11-21-18(24)13-8-10-15(23)22(13)19-12-7-9-14(26-2)17(27-3)16(12)20(25)28-19/h7,9,13,19H,4-6,8,10-11H2,1-3H3,(H,21,24). The molecule has 1 fully saturated rings. The molecule has 28 heavy (non-hydrogen) atoms. The number of hydrogen-bond acceptors (Lipinski definition) is 6. The van der Waals surface area contributed by atoms with Crippen LogP contribution in [0.15, 0.2) is 12.1 Å². The summed E-state index contributed by atoms with van der Waals surface area (Å²) in [7, 11) is 2.91. The number of methoxy groups -OCH3 is 2. The normalized spacial score (nSPS) is 20.8. The van der Waals surface area contributed by atoms with Gasteiger partial charge in [0, 0.05) is 18.5 Å². The Morgan fingerprint density at radius 2 is 2.04 bits per heavy atom. The van der Waals surface area contributed by atoms with Gasteiger partial charge in [0.15, 0.2) is 11.5 Å². The summed E-state index contributed by atoms with van der Waals surface area (Å²) in [4.78, 5) is 39.1. The van der Waals surface area contributed by atoms with Gasteiger partial charge >= 0.3 is 5.97 Å². The Morgan fingerprint density at radius 3 is 2.71 bits per heavy atom. The Hall–Kier alpha value is -2.77. The molecule has 0 radical (unpaired) electrons. The van der Waals surface area contributed by atoms with E-state index >= 15 is 0 Å². The number of esters is 1. The molecule has 2 atom stereocenters. The van der Waals surface area contributed by atoms with Crippen LogP contribution in [0.5, 0.6) is 11.5 Å². The summed E-state index contributed by atoms with van der Waals surface area (Å²) >= 11 is 0. The molecule has 1 N–H and O–H groups in total. The zero-order valence-corrected chi connectivity index (χ0v) is 16.4. The Kier molecular flexibility index (Phi) is 6.06. The number of unbranched alkanes of at least 4 members (excludes halogenated alkanes) is 2. The number of carbonyl (C=O) groups excluding carboxylic acids is 3. The summed E-state index contributed by atoms with van der Waals surface area (Å²) in [6.07, 6.45) is 2.68. The highest BCUT2D eigenvalue weighted by molar-refractivity contribution is 5.99. The Balaban J connectivity index is 1.86. The summed E-state index contributed by atoms with van der Waals surface area (Å²) in [5.41, 5.74) is 0.732. The van der Waals surface area contributed by atoms with Crippen LogP contribution in [0.3, 0.4) is 0 Å². The SMILES string of the molecule is CCCCCNC(=O)C1CCC(=O)N1C1OC(=O)c2c1ccc(OC)c2OC. The van der Waals surface area contributed by atoms with Gasteiger partial charge in [-0.05, 0) is 25.0 Å². The van der Waals surface area contributed by atoms with Crippen molar-refractivity contribution in [2.24, 2.45) is 0 Å². The van der Waals surface area contributed by atoms with Crippen molar-refractivity contribution < 1.29 is 28.6 Å². The molecular weight excluding hydrogens is 364 g/mol. The molecule has 1 saturated heterocycles. The number of cyclic esters (lactones) is 1. The quantitative estimate of drug-likeness (QED) is 0.540. The number of rotatable bonds is 8. The number of likely N-dealkylation sites (tertiary alicyclic amines) is 1. The minimum absolute atomic E-state index is 0.214. The third-order valence-electron chi connectivity index (χ3n) is 5.16. The predicted molar refractivity (Wildman–Crippen MR) is 100 cm³/mol. The first-order chi connectivity index (χ1) is 13.5. The second-order valence-electron chi connectivity index (χ2n) is 6.88. The average Bonchev–Trinajstić information content (AvgIpc) is 3.24. The monoisotopic (exact) mass is 390 g/mol. The molecule has 0 aliphatic carbocycles. The Labute approximate surface area is 164 Å². The van der Waals surface area contributed by atoms with E-state index in [-0.39, 0.29) is 29.5 Å². The van der Waals surface area contributed by atoms with Gasteiger partial charge < -0.3 is 19.5 Å². The zero-order chi connectivity index (χ0) is 20.3. The maximum atomic E-state index is 12.6. The van der Waals surface area contributed by atoms with Crippen molar-refractivity contribution in [2.75, 3.05) is 20.8 Å². The van der Waals surface area contributed by atoms with E-state index in [4.69, 9.17) is 14.2 Å². The van der Waals surface area contributed by atoms with Crippen molar-refractivity contribution in [3.63, 3.8) is 0 Å². The number of ether oxygens (including phenoxy) is 3. The number of amides is 2. The minimum atomic E-state index is -0.941. The van der Waals surface area contributed by atoms with Crippen LogP contribution < -0.4 is 14.8 Å². The fourth-order valence-electron chi connectivity index (χ4n) is 3.75. The van der Waals surface area contributed by atoms with Crippen LogP contribution in [-0.4, -0.2) is 49.5 Å². The Bertz CT molecular complexity index is 778. The fraction of sp³-hybridized carbons (Fsp3) is 0.550. The number of benzene rings is 1. The van der Waals surface area contributed by atoms with Crippen molar-refractivity contribution in [1.82, 2.24) is 10.2 Å². The van der Waals surface area contributed by atoms with Crippen molar-refractivity contribution in [3.8, 4) is 11.5 Å². The van der Waals surface area contributed by atoms with Crippen molar-refractivity contribution >= 4 is 17.8 Å². The molecule has 1 aromatic carbocycles. The van der Waals surface area contributed by atoms with Gasteiger partial charge in [0.1, 0.15) is 11.6 Å². The van der Waals surface area contributed by atoms with Crippen LogP contribution in [0, 0.1) is 0 Å². The largest absolute Gasteiger partial charge is 0.493 e. The van der Waals surface area contributed by atoms with Crippen LogP contribution in [0.4, 0.5) is 0 Å². The molecule has 2 aliphatic heterocycles. The molecule has 0 bridgehead atoms. The highest BCUT2D eigenvalue weighted by Gasteiger charge is 2.47. The molecule has 0 aromatic heterocycles. The summed E-state index contributed by atoms with van der Waals surface area (Å²) in [5, 5.41) is 2.89. The molecule has 3 rings (SSSR count). The number of hydrogen-bond donors (Lipinski definition) is 1. The maximum absolute atomic E-state index is 12.6. The van der Waals surface area contributed by atoms with Crippen LogP contribution in [0.2, 0.25) is 0 Å². The second-order valence-corrected chi connectivity index (χ2v) is 6.88. The minimum Gasteiger partial charge on any atom is -0.493 e. The molecule has 152 valence electrons. The third kappa shape index (κ3) is 3.50. The van der Waals surface area contributed by atoms with Gasteiger partial charge in [0.05, 0.1) is 14.2 Å². The molecule has 1 aromatic rings. The molecule has 2 amide bonds. The first-order valence-corrected chi connectivity index (χ1v) is 9.58. The van der Waals surface area contributed by atoms with E-state index in [1.54, 1.807) is 12.1 Å². The highest BCUT2D eigenvalue weighted by atomic mass is 16.6. The highest BCUT2D eigenvalue weighted by Crippen LogP contribution is 2.45. The topological polar surface area (TPSA) is 94.2 Å². The van der Waals surface area contributed by atoms with Gasteiger partial charge in [0.2, 0.25) is 18.0 Å². The summed E-state index contributed by atoms with van der Waals surface area (Å²) in [6, 6.07) is 2.67. The lowest BCUT2D eigenvalue weighted by molar-refractivity contribution is -0.145. The van der Waals surface area contributed by atoms with Gasteiger partial charge in [-0.15, -0.1) is 0 Å². The van der Waals surface area contributed by atoms with E-state index in [1.807, 2.05) is 0 Å². The molecular formula is C20H26N2O6. The number of nitrogens with zero attached hydrogens (tertiary/aromatic N) is 1. The maximum Gasteiger partial charge on any atom is 0.344 e. The van der Waals surface area contributed by atoms with Crippen molar-refractivity contribution in [3.05, 3.63) is 23.3 Å². The third-order valence-corrected chi connectivity index (χ3v) is 5.16. The van der Waals surface area contributed by atoms with Crippen molar-refractivity contribution in [1.29, 1.82) is 0 Å². The first kappa shape index (κ1) is 20.0. The predicted octanol–water partition coefficient (Wildman–Crippen LogP) is 2.17. The zero-order valence-electron chi connectivity index (χ0n) is 16.4. The number of nitrogens with one attached hydrogen (secondary N) is 1. The summed E-state index contributed by atoms with van der Waals surface area (Å²) in [5.74, 6) is -0.366. The van der Waals surface area contributed by atoms with Crippen LogP contribution in [0.1, 0.15) is 61.2 Å². The van der Waals surface area contributed by atoms with E-state index in [0.29, 0.717) is 24.3 Å². The molecule has 2 aliphatic rings. The van der Waals surface area contributed by atoms with E-state index in [9.17, 15) is 14.4 Å². The fourth-order valence-corrected chi connectivity index (χ4v) is 3.75. The molecule has 8 nitrogen and oxygen atoms in total. The van der Waals surface area contributed by atoms with E-state index < -0.39 is 18.2 Å². The second kappa shape index (κ2) is 8.50. The van der Waals surface area contributed by atoms with Crippen LogP contribution in [-0.2, 0) is 14.3 Å². The van der Waals surface area contributed by atoms with Gasteiger partial charge in [-0.3, -0.25) is 14.5 Å². The molecule has 0 spiro atoms. The smallest absolute Gasteiger partial charge is 0.344 e. The van der Waals surface area contributed by atoms with Crippen molar-refractivity contribution in [2.45, 2.75) is 51.3 Å². The van der Waals surface area contributed by atoms with Gasteiger partial charge in [-0.2, -0.15) is 0 Å². The van der Waals surface area contributed by atoms with E-state index in [0.717, 1.165) is 19.3 Å². The van der Waals surface area contributed by atoms with Gasteiger partial charge in [0.25, 0.3) is 0 Å². The van der Waals surface area contributed by atoms with Crippen LogP contribution >= 0.6 is 0 Å². The molecule has 2 heterocycles.